The van der Waals surface area contributed by atoms with Gasteiger partial charge in [-0.1, -0.05) is 0 Å². The first kappa shape index (κ1) is 37.9. The molecule has 0 spiro atoms. The Hall–Kier alpha value is -3.10. The average molecular weight is 692 g/mol. The minimum absolute atomic E-state index is 0.0233. The van der Waals surface area contributed by atoms with Gasteiger partial charge < -0.3 is 0 Å². The molecule has 0 aromatic carbocycles. The Morgan fingerprint density at radius 1 is 0.634 bits per heavy atom. The summed E-state index contributed by atoms with van der Waals surface area (Å²) in [6, 6.07) is -4.93. The molecule has 0 saturated carbocycles. The third-order valence-corrected chi connectivity index (χ3v) is 11.8. The first-order valence-electron chi connectivity index (χ1n) is 11.6. The Morgan fingerprint density at radius 3 is 1.27 bits per heavy atom. The van der Waals surface area contributed by atoms with Crippen molar-refractivity contribution in [3.63, 3.8) is 0 Å². The summed E-state index contributed by atoms with van der Waals surface area (Å²) in [6.07, 6.45) is -0.996. The van der Waals surface area contributed by atoms with Crippen LogP contribution in [-0.4, -0.2) is 129 Å². The number of nitrogens with two attached hydrogens (primary N) is 2. The molecule has 4 amide bonds. The van der Waals surface area contributed by atoms with E-state index in [0.29, 0.717) is 0 Å². The van der Waals surface area contributed by atoms with Crippen molar-refractivity contribution in [3.05, 3.63) is 0 Å². The molecule has 0 aromatic heterocycles. The fraction of sp³-hybridized carbons (Fsp3) is 0.600. The van der Waals surface area contributed by atoms with Gasteiger partial charge in [-0.3, -0.25) is 0 Å². The van der Waals surface area contributed by atoms with Crippen molar-refractivity contribution in [2.45, 2.75) is 49.9 Å². The molecule has 4 atom stereocenters. The van der Waals surface area contributed by atoms with E-state index in [-0.39, 0.29) is 37.2 Å². The van der Waals surface area contributed by atoms with Crippen molar-refractivity contribution in [2.24, 2.45) is 11.5 Å². The SMILES string of the molecule is N[C@@H](CCC(=O)N[C@H](CS[Se]SC[C@@H](NC(=O)CC[C@H](N)C(=O)O)C(=O)NCC(=O)O)C(=O)NCC(=O)O)C(=O)O. The van der Waals surface area contributed by atoms with Gasteiger partial charge in [0.1, 0.15) is 0 Å². The Labute approximate surface area is 246 Å². The third-order valence-electron chi connectivity index (χ3n) is 4.70. The van der Waals surface area contributed by atoms with Crippen molar-refractivity contribution < 1.29 is 58.8 Å². The second-order valence-corrected chi connectivity index (χ2v) is 15.3. The van der Waals surface area contributed by atoms with Crippen molar-refractivity contribution in [2.75, 3.05) is 24.6 Å². The normalized spacial score (nSPS) is 13.5. The molecule has 18 nitrogen and oxygen atoms in total. The molecule has 0 unspecified atom stereocenters. The number of rotatable bonds is 22. The second-order valence-electron chi connectivity index (χ2n) is 8.07. The molecule has 41 heavy (non-hydrogen) atoms. The second kappa shape index (κ2) is 20.7. The number of hydrogen-bond donors (Lipinski definition) is 10. The van der Waals surface area contributed by atoms with Gasteiger partial charge in [0.05, 0.1) is 0 Å². The van der Waals surface area contributed by atoms with Gasteiger partial charge in [-0.2, -0.15) is 0 Å². The molecule has 0 rings (SSSR count). The quantitative estimate of drug-likeness (QED) is 0.0379. The number of amides is 4. The van der Waals surface area contributed by atoms with E-state index in [1.165, 1.54) is 20.4 Å². The van der Waals surface area contributed by atoms with Crippen LogP contribution in [0.4, 0.5) is 0 Å². The van der Waals surface area contributed by atoms with E-state index in [1.807, 2.05) is 0 Å². The molecule has 0 fully saturated rings. The number of aliphatic carboxylic acids is 4. The average Bonchev–Trinajstić information content (AvgIpc) is 2.89. The monoisotopic (exact) mass is 692 g/mol. The Morgan fingerprint density at radius 2 is 0.976 bits per heavy atom. The number of hydrogen-bond acceptors (Lipinski definition) is 12. The van der Waals surface area contributed by atoms with E-state index in [0.717, 1.165) is 0 Å². The molecule has 0 bridgehead atoms. The van der Waals surface area contributed by atoms with Crippen LogP contribution in [0.15, 0.2) is 0 Å². The zero-order chi connectivity index (χ0) is 31.5. The van der Waals surface area contributed by atoms with E-state index in [4.69, 9.17) is 31.9 Å². The summed E-state index contributed by atoms with van der Waals surface area (Å²) in [5.41, 5.74) is 10.7. The van der Waals surface area contributed by atoms with E-state index in [2.05, 4.69) is 21.3 Å². The van der Waals surface area contributed by atoms with Gasteiger partial charge in [0.25, 0.3) is 0 Å². The first-order chi connectivity index (χ1) is 19.1. The fourth-order valence-corrected chi connectivity index (χ4v) is 9.07. The molecule has 0 aliphatic carbocycles. The van der Waals surface area contributed by atoms with Crippen LogP contribution < -0.4 is 32.7 Å². The fourth-order valence-electron chi connectivity index (χ4n) is 2.52. The number of carbonyl (C=O) groups is 8. The molecule has 21 heteroatoms. The molecule has 0 heterocycles. The minimum atomic E-state index is -1.32. The molecule has 0 saturated heterocycles. The van der Waals surface area contributed by atoms with Crippen LogP contribution in [0.5, 0.6) is 0 Å². The van der Waals surface area contributed by atoms with Crippen molar-refractivity contribution in [1.29, 1.82) is 0 Å². The molecule has 0 aliphatic rings. The standard InChI is InChI=1S/C20H32N6O12S2Se/c21-9(19(35)36)1-3-13(27)25-11(17(33)23-5-15(29)30)7-39-41-40-8-12(18(34)24-6-16(31)32)26-14(28)4-2-10(22)20(37)38/h9-12H,1-8,21-22H2,(H,23,33)(H,24,34)(H,25,27)(H,26,28)(H,29,30)(H,31,32)(H,35,36)(H,37,38)/t9-,10-,11+,12+/m0/s1. The van der Waals surface area contributed by atoms with Gasteiger partial charge in [0, 0.05) is 0 Å². The van der Waals surface area contributed by atoms with Gasteiger partial charge >= 0.3 is 247 Å². The summed E-state index contributed by atoms with van der Waals surface area (Å²) in [7, 11) is 2.33. The van der Waals surface area contributed by atoms with Crippen LogP contribution in [0.25, 0.3) is 0 Å². The molecular formula is C20H32N6O12S2Se. The number of carboxylic acid groups (broad SMARTS) is 4. The van der Waals surface area contributed by atoms with Gasteiger partial charge in [-0.15, -0.1) is 0 Å². The first-order valence-corrected chi connectivity index (χ1v) is 17.6. The van der Waals surface area contributed by atoms with Crippen LogP contribution in [-0.2, 0) is 38.4 Å². The van der Waals surface area contributed by atoms with Crippen LogP contribution in [0.2, 0.25) is 0 Å². The molecule has 0 aromatic rings. The summed E-state index contributed by atoms with van der Waals surface area (Å²) >= 11 is -0.427. The molecular weight excluding hydrogens is 659 g/mol. The van der Waals surface area contributed by atoms with Gasteiger partial charge in [0.2, 0.25) is 0 Å². The van der Waals surface area contributed by atoms with Crippen molar-refractivity contribution in [3.8, 4) is 0 Å². The summed E-state index contributed by atoms with van der Waals surface area (Å²) in [5.74, 6) is -8.25. The number of nitrogens with one attached hydrogen (secondary N) is 4. The predicted molar refractivity (Wildman–Crippen MR) is 146 cm³/mol. The zero-order valence-electron chi connectivity index (χ0n) is 21.4. The van der Waals surface area contributed by atoms with Gasteiger partial charge in [-0.25, -0.2) is 0 Å². The third kappa shape index (κ3) is 18.8. The molecule has 0 radical (unpaired) electrons. The van der Waals surface area contributed by atoms with Crippen LogP contribution in [0.1, 0.15) is 25.7 Å². The van der Waals surface area contributed by atoms with E-state index < -0.39 is 97.5 Å². The van der Waals surface area contributed by atoms with E-state index >= 15 is 0 Å². The summed E-state index contributed by atoms with van der Waals surface area (Å²) in [6.45, 7) is -1.41. The Kier molecular flexibility index (Phi) is 19.2. The maximum absolute atomic E-state index is 12.4. The predicted octanol–water partition coefficient (Wildman–Crippen LogP) is -4.26. The van der Waals surface area contributed by atoms with Crippen molar-refractivity contribution in [1.82, 2.24) is 21.3 Å². The van der Waals surface area contributed by atoms with Gasteiger partial charge in [-0.05, 0) is 0 Å². The Balaban J connectivity index is 5.05. The summed E-state index contributed by atoms with van der Waals surface area (Å²) in [5, 5.41) is 44.3. The van der Waals surface area contributed by atoms with Crippen molar-refractivity contribution >= 4 is 80.6 Å². The van der Waals surface area contributed by atoms with E-state index in [1.54, 1.807) is 0 Å². The van der Waals surface area contributed by atoms with Crippen LogP contribution in [0.3, 0.4) is 0 Å². The van der Waals surface area contributed by atoms with Crippen LogP contribution in [0, 0.1) is 0 Å². The number of carbonyl (C=O) groups excluding carboxylic acids is 4. The molecule has 0 aliphatic heterocycles. The summed E-state index contributed by atoms with van der Waals surface area (Å²) in [4.78, 5) is 92.3. The topological polar surface area (TPSA) is 318 Å². The van der Waals surface area contributed by atoms with Gasteiger partial charge in [0.15, 0.2) is 0 Å². The Bertz CT molecular complexity index is 901. The number of carboxylic acids is 4. The summed E-state index contributed by atoms with van der Waals surface area (Å²) < 4.78 is 0. The molecule has 12 N–H and O–H groups in total. The zero-order valence-corrected chi connectivity index (χ0v) is 24.7. The maximum atomic E-state index is 12.4. The van der Waals surface area contributed by atoms with E-state index in [9.17, 15) is 38.4 Å². The van der Waals surface area contributed by atoms with Crippen LogP contribution >= 0.6 is 20.4 Å². The molecule has 232 valence electrons.